The van der Waals surface area contributed by atoms with Gasteiger partial charge in [0.05, 0.1) is 11.4 Å². The molecule has 1 fully saturated rings. The van der Waals surface area contributed by atoms with Crippen molar-refractivity contribution in [2.75, 3.05) is 26.7 Å². The Labute approximate surface area is 164 Å². The number of aromatic nitrogens is 3. The Hall–Kier alpha value is -2.93. The Bertz CT molecular complexity index is 1020. The minimum absolute atomic E-state index is 0.0775. The van der Waals surface area contributed by atoms with Crippen molar-refractivity contribution in [1.82, 2.24) is 24.6 Å². The predicted octanol–water partition coefficient (Wildman–Crippen LogP) is 2.19. The molecule has 0 unspecified atom stereocenters. The molecule has 28 heavy (non-hydrogen) atoms. The minimum Gasteiger partial charge on any atom is -0.506 e. The van der Waals surface area contributed by atoms with E-state index in [1.165, 1.54) is 5.69 Å². The van der Waals surface area contributed by atoms with E-state index in [1.807, 2.05) is 35.7 Å². The smallest absolute Gasteiger partial charge is 0.272 e. The summed E-state index contributed by atoms with van der Waals surface area (Å²) in [5.41, 5.74) is 3.07. The van der Waals surface area contributed by atoms with Gasteiger partial charge in [-0.3, -0.25) is 9.48 Å². The quantitative estimate of drug-likeness (QED) is 0.736. The molecule has 0 spiro atoms. The van der Waals surface area contributed by atoms with Crippen molar-refractivity contribution >= 4 is 16.8 Å². The van der Waals surface area contributed by atoms with Gasteiger partial charge in [0.1, 0.15) is 17.0 Å². The molecule has 1 amide bonds. The van der Waals surface area contributed by atoms with Crippen LogP contribution in [0.15, 0.2) is 36.4 Å². The molecule has 7 heteroatoms. The summed E-state index contributed by atoms with van der Waals surface area (Å²) in [5.74, 6) is 0.476. The fourth-order valence-electron chi connectivity index (χ4n) is 3.86. The van der Waals surface area contributed by atoms with E-state index in [0.29, 0.717) is 17.1 Å². The van der Waals surface area contributed by atoms with Crippen molar-refractivity contribution in [3.8, 4) is 5.75 Å². The molecule has 0 aliphatic carbocycles. The van der Waals surface area contributed by atoms with E-state index in [1.54, 1.807) is 18.2 Å². The molecule has 3 heterocycles. The first-order valence-electron chi connectivity index (χ1n) is 9.47. The first-order chi connectivity index (χ1) is 13.4. The molecule has 0 atom stereocenters. The number of nitrogens with zero attached hydrogens (tertiary/aromatic N) is 5. The van der Waals surface area contributed by atoms with Gasteiger partial charge in [0.2, 0.25) is 0 Å². The molecule has 1 saturated heterocycles. The Morgan fingerprint density at radius 3 is 2.79 bits per heavy atom. The zero-order valence-electron chi connectivity index (χ0n) is 16.5. The molecular weight excluding hydrogens is 354 g/mol. The van der Waals surface area contributed by atoms with Crippen molar-refractivity contribution in [3.63, 3.8) is 0 Å². The highest BCUT2D eigenvalue weighted by atomic mass is 16.3. The normalized spacial score (nSPS) is 14.6. The minimum atomic E-state index is -0.0775. The molecule has 1 aliphatic heterocycles. The van der Waals surface area contributed by atoms with Crippen LogP contribution in [0, 0.1) is 12.8 Å². The lowest BCUT2D eigenvalue weighted by molar-refractivity contribution is 0.0422. The van der Waals surface area contributed by atoms with Crippen LogP contribution >= 0.6 is 0 Å². The fourth-order valence-corrected chi connectivity index (χ4v) is 3.86. The van der Waals surface area contributed by atoms with Gasteiger partial charge >= 0.3 is 0 Å². The van der Waals surface area contributed by atoms with Crippen LogP contribution in [0.2, 0.25) is 0 Å². The molecule has 0 radical (unpaired) electrons. The summed E-state index contributed by atoms with van der Waals surface area (Å²) in [6.45, 7) is 5.23. The number of amides is 1. The van der Waals surface area contributed by atoms with Crippen LogP contribution in [0.4, 0.5) is 0 Å². The number of para-hydroxylation sites is 1. The van der Waals surface area contributed by atoms with Crippen LogP contribution < -0.4 is 0 Å². The summed E-state index contributed by atoms with van der Waals surface area (Å²) in [4.78, 5) is 21.2. The molecule has 1 aromatic carbocycles. The van der Waals surface area contributed by atoms with Crippen LogP contribution in [0.25, 0.3) is 10.9 Å². The summed E-state index contributed by atoms with van der Waals surface area (Å²) < 4.78 is 1.92. The second-order valence-electron chi connectivity index (χ2n) is 7.72. The maximum atomic E-state index is 12.7. The molecule has 146 valence electrons. The number of hydrogen-bond acceptors (Lipinski definition) is 5. The number of rotatable bonds is 5. The number of carbonyl (C=O) groups is 1. The van der Waals surface area contributed by atoms with E-state index in [-0.39, 0.29) is 11.7 Å². The van der Waals surface area contributed by atoms with Gasteiger partial charge in [0, 0.05) is 44.5 Å². The molecule has 1 aliphatic rings. The summed E-state index contributed by atoms with van der Waals surface area (Å²) in [7, 11) is 4.06. The van der Waals surface area contributed by atoms with Crippen molar-refractivity contribution in [2.24, 2.45) is 13.0 Å². The topological polar surface area (TPSA) is 74.5 Å². The zero-order chi connectivity index (χ0) is 19.8. The van der Waals surface area contributed by atoms with Crippen LogP contribution in [-0.4, -0.2) is 62.3 Å². The highest BCUT2D eigenvalue weighted by Gasteiger charge is 2.32. The third-order valence-electron chi connectivity index (χ3n) is 5.26. The number of pyridine rings is 1. The lowest BCUT2D eigenvalue weighted by Crippen LogP contribution is -2.53. The SMILES string of the molecule is Cc1cc(CN(C)CC2CN(C(=O)c3ccc4cccc(O)c4n3)C2)n(C)n1. The van der Waals surface area contributed by atoms with E-state index < -0.39 is 0 Å². The number of benzene rings is 1. The Morgan fingerprint density at radius 2 is 2.07 bits per heavy atom. The van der Waals surface area contributed by atoms with E-state index in [9.17, 15) is 9.90 Å². The van der Waals surface area contributed by atoms with Crippen LogP contribution in [0.1, 0.15) is 21.9 Å². The molecule has 3 aromatic rings. The van der Waals surface area contributed by atoms with Gasteiger partial charge in [-0.25, -0.2) is 4.98 Å². The maximum Gasteiger partial charge on any atom is 0.272 e. The van der Waals surface area contributed by atoms with Gasteiger partial charge in [-0.1, -0.05) is 18.2 Å². The first kappa shape index (κ1) is 18.4. The third kappa shape index (κ3) is 3.57. The number of phenolic OH excluding ortho intramolecular Hbond substituents is 1. The fraction of sp³-hybridized carbons (Fsp3) is 0.381. The van der Waals surface area contributed by atoms with Gasteiger partial charge in [-0.2, -0.15) is 5.10 Å². The van der Waals surface area contributed by atoms with Crippen molar-refractivity contribution in [3.05, 3.63) is 53.5 Å². The van der Waals surface area contributed by atoms with E-state index in [4.69, 9.17) is 0 Å². The van der Waals surface area contributed by atoms with E-state index in [2.05, 4.69) is 28.1 Å². The summed E-state index contributed by atoms with van der Waals surface area (Å²) >= 11 is 0. The number of aromatic hydroxyl groups is 1. The number of likely N-dealkylation sites (tertiary alicyclic amines) is 1. The van der Waals surface area contributed by atoms with E-state index >= 15 is 0 Å². The molecule has 7 nitrogen and oxygen atoms in total. The number of carbonyl (C=O) groups excluding carboxylic acids is 1. The van der Waals surface area contributed by atoms with Crippen LogP contribution in [-0.2, 0) is 13.6 Å². The maximum absolute atomic E-state index is 12.7. The standard InChI is InChI=1S/C21H25N5O2/c1-14-9-17(25(3)23-14)13-24(2)10-15-11-26(12-15)21(28)18-8-7-16-5-4-6-19(27)20(16)22-18/h4-9,15,27H,10-13H2,1-3H3. The van der Waals surface area contributed by atoms with Gasteiger partial charge in [0.25, 0.3) is 5.91 Å². The number of aryl methyl sites for hydroxylation is 2. The monoisotopic (exact) mass is 379 g/mol. The molecular formula is C21H25N5O2. The molecule has 4 rings (SSSR count). The molecule has 1 N–H and O–H groups in total. The summed E-state index contributed by atoms with van der Waals surface area (Å²) in [6.07, 6.45) is 0. The van der Waals surface area contributed by atoms with Crippen LogP contribution in [0.3, 0.4) is 0 Å². The van der Waals surface area contributed by atoms with Crippen molar-refractivity contribution < 1.29 is 9.90 Å². The molecule has 0 bridgehead atoms. The average molecular weight is 379 g/mol. The Morgan fingerprint density at radius 1 is 1.29 bits per heavy atom. The number of fused-ring (bicyclic) bond motifs is 1. The second kappa shape index (κ2) is 7.24. The van der Waals surface area contributed by atoms with Crippen LogP contribution in [0.5, 0.6) is 5.75 Å². The largest absolute Gasteiger partial charge is 0.506 e. The second-order valence-corrected chi connectivity index (χ2v) is 7.72. The van der Waals surface area contributed by atoms with Gasteiger partial charge in [0.15, 0.2) is 0 Å². The lowest BCUT2D eigenvalue weighted by atomic mass is 9.99. The summed E-state index contributed by atoms with van der Waals surface area (Å²) in [5, 5.41) is 15.2. The van der Waals surface area contributed by atoms with Gasteiger partial charge in [-0.15, -0.1) is 0 Å². The zero-order valence-corrected chi connectivity index (χ0v) is 16.5. The van der Waals surface area contributed by atoms with Gasteiger partial charge in [-0.05, 0) is 32.2 Å². The number of hydrogen-bond donors (Lipinski definition) is 1. The van der Waals surface area contributed by atoms with E-state index in [0.717, 1.165) is 37.3 Å². The third-order valence-corrected chi connectivity index (χ3v) is 5.26. The Kier molecular flexibility index (Phi) is 4.77. The highest BCUT2D eigenvalue weighted by molar-refractivity contribution is 5.96. The Balaban J connectivity index is 1.34. The first-order valence-corrected chi connectivity index (χ1v) is 9.47. The van der Waals surface area contributed by atoms with Crippen molar-refractivity contribution in [2.45, 2.75) is 13.5 Å². The average Bonchev–Trinajstić information content (AvgIpc) is 2.94. The highest BCUT2D eigenvalue weighted by Crippen LogP contribution is 2.24. The molecule has 2 aromatic heterocycles. The molecule has 0 saturated carbocycles. The van der Waals surface area contributed by atoms with Crippen molar-refractivity contribution in [1.29, 1.82) is 0 Å². The summed E-state index contributed by atoms with van der Waals surface area (Å²) in [6, 6.07) is 10.9. The lowest BCUT2D eigenvalue weighted by Gasteiger charge is -2.40. The number of phenols is 1. The van der Waals surface area contributed by atoms with Gasteiger partial charge < -0.3 is 14.9 Å². The predicted molar refractivity (Wildman–Crippen MR) is 107 cm³/mol.